The fraction of sp³-hybridized carbons (Fsp3) is 0.0769. The Morgan fingerprint density at radius 1 is 1.16 bits per heavy atom. The molecule has 0 radical (unpaired) electrons. The number of benzene rings is 1. The summed E-state index contributed by atoms with van der Waals surface area (Å²) >= 11 is 0. The first-order valence-electron chi connectivity index (χ1n) is 5.25. The van der Waals surface area contributed by atoms with Crippen LogP contribution in [0.1, 0.15) is 15.9 Å². The average Bonchev–Trinajstić information content (AvgIpc) is 2.38. The number of pyridine rings is 1. The number of aromatic carboxylic acids is 1. The molecule has 6 heteroatoms. The summed E-state index contributed by atoms with van der Waals surface area (Å²) in [6.45, 7) is 0. The van der Waals surface area contributed by atoms with Crippen LogP contribution >= 0.6 is 0 Å². The predicted octanol–water partition coefficient (Wildman–Crippen LogP) is 3.47. The summed E-state index contributed by atoms with van der Waals surface area (Å²) in [7, 11) is 0. The van der Waals surface area contributed by atoms with Crippen LogP contribution in [0.25, 0.3) is 11.3 Å². The van der Waals surface area contributed by atoms with Gasteiger partial charge in [-0.05, 0) is 6.07 Å². The summed E-state index contributed by atoms with van der Waals surface area (Å²) in [5.74, 6) is -1.45. The summed E-state index contributed by atoms with van der Waals surface area (Å²) in [6, 6.07) is 8.79. The predicted molar refractivity (Wildman–Crippen MR) is 61.6 cm³/mol. The van der Waals surface area contributed by atoms with Gasteiger partial charge in [0.2, 0.25) is 0 Å². The van der Waals surface area contributed by atoms with Gasteiger partial charge in [-0.3, -0.25) is 4.98 Å². The van der Waals surface area contributed by atoms with Gasteiger partial charge in [0, 0.05) is 11.8 Å². The van der Waals surface area contributed by atoms with E-state index in [9.17, 15) is 18.0 Å². The van der Waals surface area contributed by atoms with E-state index in [4.69, 9.17) is 5.11 Å². The quantitative estimate of drug-likeness (QED) is 0.906. The minimum absolute atomic E-state index is 0.0149. The first-order chi connectivity index (χ1) is 8.89. The molecule has 0 saturated carbocycles. The third-order valence-electron chi connectivity index (χ3n) is 2.49. The number of halogens is 3. The Morgan fingerprint density at radius 2 is 1.79 bits per heavy atom. The van der Waals surface area contributed by atoms with Crippen LogP contribution in [0.5, 0.6) is 0 Å². The lowest BCUT2D eigenvalue weighted by Crippen LogP contribution is -2.10. The van der Waals surface area contributed by atoms with E-state index in [2.05, 4.69) is 4.98 Å². The third-order valence-corrected chi connectivity index (χ3v) is 2.49. The van der Waals surface area contributed by atoms with E-state index in [1.807, 2.05) is 0 Å². The van der Waals surface area contributed by atoms with Gasteiger partial charge in [0.1, 0.15) is 0 Å². The van der Waals surface area contributed by atoms with Crippen molar-refractivity contribution in [2.45, 2.75) is 6.18 Å². The Morgan fingerprint density at radius 3 is 2.32 bits per heavy atom. The summed E-state index contributed by atoms with van der Waals surface area (Å²) in [5, 5.41) is 9.01. The molecule has 0 unspecified atom stereocenters. The lowest BCUT2D eigenvalue weighted by atomic mass is 10.0. The summed E-state index contributed by atoms with van der Waals surface area (Å²) in [6.07, 6.45) is -3.98. The molecular weight excluding hydrogens is 259 g/mol. The number of carboxylic acid groups (broad SMARTS) is 1. The number of aromatic nitrogens is 1. The molecule has 1 heterocycles. The molecule has 0 bridgehead atoms. The minimum atomic E-state index is -4.62. The van der Waals surface area contributed by atoms with Crippen molar-refractivity contribution in [3.63, 3.8) is 0 Å². The molecule has 0 fully saturated rings. The zero-order valence-corrected chi connectivity index (χ0v) is 9.48. The Balaban J connectivity index is 2.61. The number of hydrogen-bond acceptors (Lipinski definition) is 2. The van der Waals surface area contributed by atoms with Crippen molar-refractivity contribution in [2.24, 2.45) is 0 Å². The number of nitrogens with zero attached hydrogens (tertiary/aromatic N) is 1. The van der Waals surface area contributed by atoms with E-state index in [0.29, 0.717) is 17.8 Å². The average molecular weight is 267 g/mol. The molecule has 2 aromatic rings. The van der Waals surface area contributed by atoms with E-state index >= 15 is 0 Å². The Labute approximate surface area is 106 Å². The maximum absolute atomic E-state index is 12.5. The van der Waals surface area contributed by atoms with E-state index in [1.54, 1.807) is 30.3 Å². The van der Waals surface area contributed by atoms with Crippen LogP contribution in [0.4, 0.5) is 13.2 Å². The van der Waals surface area contributed by atoms with Crippen LogP contribution < -0.4 is 0 Å². The van der Waals surface area contributed by atoms with Crippen molar-refractivity contribution in [2.75, 3.05) is 0 Å². The highest BCUT2D eigenvalue weighted by molar-refractivity contribution is 5.94. The molecule has 98 valence electrons. The Hall–Kier alpha value is -2.37. The van der Waals surface area contributed by atoms with Gasteiger partial charge in [0.25, 0.3) is 0 Å². The molecular formula is C13H8F3NO2. The smallest absolute Gasteiger partial charge is 0.417 e. The van der Waals surface area contributed by atoms with E-state index in [0.717, 1.165) is 0 Å². The lowest BCUT2D eigenvalue weighted by Gasteiger charge is -2.10. The van der Waals surface area contributed by atoms with Crippen molar-refractivity contribution in [1.29, 1.82) is 0 Å². The van der Waals surface area contributed by atoms with Crippen molar-refractivity contribution >= 4 is 5.97 Å². The van der Waals surface area contributed by atoms with Crippen molar-refractivity contribution in [3.05, 3.63) is 53.7 Å². The monoisotopic (exact) mass is 267 g/mol. The molecule has 1 aromatic heterocycles. The third kappa shape index (κ3) is 2.73. The van der Waals surface area contributed by atoms with Gasteiger partial charge in [0.15, 0.2) is 0 Å². The van der Waals surface area contributed by atoms with Gasteiger partial charge < -0.3 is 5.11 Å². The summed E-state index contributed by atoms with van der Waals surface area (Å²) in [5.41, 5.74) is -1.08. The van der Waals surface area contributed by atoms with Crippen LogP contribution in [-0.2, 0) is 6.18 Å². The first-order valence-corrected chi connectivity index (χ1v) is 5.25. The highest BCUT2D eigenvalue weighted by atomic mass is 19.4. The maximum atomic E-state index is 12.5. The first kappa shape index (κ1) is 13.1. The number of hydrogen-bond donors (Lipinski definition) is 1. The van der Waals surface area contributed by atoms with Crippen molar-refractivity contribution in [1.82, 2.24) is 4.98 Å². The van der Waals surface area contributed by atoms with Gasteiger partial charge in [-0.15, -0.1) is 0 Å². The molecule has 0 saturated heterocycles. The summed E-state index contributed by atoms with van der Waals surface area (Å²) in [4.78, 5) is 14.7. The Kier molecular flexibility index (Phi) is 3.25. The number of carbonyl (C=O) groups is 1. The minimum Gasteiger partial charge on any atom is -0.478 e. The second-order valence-electron chi connectivity index (χ2n) is 3.79. The normalized spacial score (nSPS) is 11.3. The molecule has 1 aromatic carbocycles. The molecule has 1 N–H and O–H groups in total. The molecule has 0 spiro atoms. The van der Waals surface area contributed by atoms with Gasteiger partial charge in [-0.1, -0.05) is 30.3 Å². The van der Waals surface area contributed by atoms with Gasteiger partial charge in [0.05, 0.1) is 16.8 Å². The topological polar surface area (TPSA) is 50.2 Å². The number of rotatable bonds is 2. The van der Waals surface area contributed by atoms with E-state index in [1.165, 1.54) is 0 Å². The zero-order valence-electron chi connectivity index (χ0n) is 9.48. The number of alkyl halides is 3. The van der Waals surface area contributed by atoms with Crippen LogP contribution in [-0.4, -0.2) is 16.1 Å². The highest BCUT2D eigenvalue weighted by Crippen LogP contribution is 2.31. The van der Waals surface area contributed by atoms with Crippen LogP contribution in [0.15, 0.2) is 42.6 Å². The Bertz CT molecular complexity index is 609. The fourth-order valence-electron chi connectivity index (χ4n) is 1.61. The lowest BCUT2D eigenvalue weighted by molar-refractivity contribution is -0.137. The van der Waals surface area contributed by atoms with Crippen LogP contribution in [0, 0.1) is 0 Å². The maximum Gasteiger partial charge on any atom is 0.417 e. The molecule has 0 aliphatic heterocycles. The molecule has 2 rings (SSSR count). The highest BCUT2D eigenvalue weighted by Gasteiger charge is 2.32. The second-order valence-corrected chi connectivity index (χ2v) is 3.79. The standard InChI is InChI=1S/C13H8F3NO2/c14-13(15,16)9-6-10(12(18)19)11(17-7-9)8-4-2-1-3-5-8/h1-7H,(H,18,19). The molecule has 0 aliphatic rings. The van der Waals surface area contributed by atoms with Gasteiger partial charge in [-0.2, -0.15) is 13.2 Å². The van der Waals surface area contributed by atoms with Crippen molar-refractivity contribution < 1.29 is 23.1 Å². The fourth-order valence-corrected chi connectivity index (χ4v) is 1.61. The molecule has 0 atom stereocenters. The second kappa shape index (κ2) is 4.72. The van der Waals surface area contributed by atoms with Crippen LogP contribution in [0.3, 0.4) is 0 Å². The van der Waals surface area contributed by atoms with Crippen LogP contribution in [0.2, 0.25) is 0 Å². The molecule has 0 amide bonds. The largest absolute Gasteiger partial charge is 0.478 e. The SMILES string of the molecule is O=C(O)c1cc(C(F)(F)F)cnc1-c1ccccc1. The van der Waals surface area contributed by atoms with Gasteiger partial charge in [-0.25, -0.2) is 4.79 Å². The molecule has 0 aliphatic carbocycles. The molecule has 19 heavy (non-hydrogen) atoms. The van der Waals surface area contributed by atoms with E-state index in [-0.39, 0.29) is 5.69 Å². The van der Waals surface area contributed by atoms with E-state index < -0.39 is 23.3 Å². The zero-order chi connectivity index (χ0) is 14.0. The summed E-state index contributed by atoms with van der Waals surface area (Å²) < 4.78 is 37.6. The van der Waals surface area contributed by atoms with Gasteiger partial charge >= 0.3 is 12.1 Å². The number of carboxylic acids is 1. The molecule has 3 nitrogen and oxygen atoms in total. The van der Waals surface area contributed by atoms with Crippen molar-refractivity contribution in [3.8, 4) is 11.3 Å².